The van der Waals surface area contributed by atoms with Gasteiger partial charge >= 0.3 is 16.9 Å². The number of amides is 1. The number of aryl methyl sites for hydroxylation is 1. The summed E-state index contributed by atoms with van der Waals surface area (Å²) in [6, 6.07) is 0. The molecule has 0 saturated carbocycles. The summed E-state index contributed by atoms with van der Waals surface area (Å²) in [6.45, 7) is 1.73. The molecule has 1 aromatic rings. The minimum Gasteiger partial charge on any atom is -0.294 e. The zero-order chi connectivity index (χ0) is 15.3. The van der Waals surface area contributed by atoms with E-state index in [4.69, 9.17) is 5.84 Å². The first kappa shape index (κ1) is 15.6. The standard InChI is InChI=1S/C10H15N5O5/c1-2-13-6-7(15(19)20)9(17)14(10(13)18)5-3-4-8(16)12-11/h6H,2-5,11H2,1H3,(H,12,16). The molecule has 0 unspecified atom stereocenters. The van der Waals surface area contributed by atoms with Crippen molar-refractivity contribution in [2.75, 3.05) is 0 Å². The first-order valence-corrected chi connectivity index (χ1v) is 5.90. The first-order valence-electron chi connectivity index (χ1n) is 5.90. The molecule has 0 aliphatic rings. The molecule has 0 radical (unpaired) electrons. The fourth-order valence-corrected chi connectivity index (χ4v) is 1.66. The molecule has 0 fully saturated rings. The van der Waals surface area contributed by atoms with E-state index in [2.05, 4.69) is 0 Å². The Labute approximate surface area is 112 Å². The Bertz CT molecular complexity index is 632. The number of hydrogen-bond acceptors (Lipinski definition) is 6. The van der Waals surface area contributed by atoms with Gasteiger partial charge in [-0.15, -0.1) is 0 Å². The van der Waals surface area contributed by atoms with Crippen molar-refractivity contribution in [3.63, 3.8) is 0 Å². The van der Waals surface area contributed by atoms with Crippen LogP contribution in [0.2, 0.25) is 0 Å². The van der Waals surface area contributed by atoms with Crippen LogP contribution in [0.15, 0.2) is 15.8 Å². The predicted octanol–water partition coefficient (Wildman–Crippen LogP) is -1.29. The quantitative estimate of drug-likeness (QED) is 0.288. The molecule has 1 aromatic heterocycles. The van der Waals surface area contributed by atoms with Crippen LogP contribution in [0.25, 0.3) is 0 Å². The van der Waals surface area contributed by atoms with Gasteiger partial charge in [-0.25, -0.2) is 10.6 Å². The molecule has 0 saturated heterocycles. The van der Waals surface area contributed by atoms with Crippen LogP contribution in [0.4, 0.5) is 5.69 Å². The van der Waals surface area contributed by atoms with Crippen molar-refractivity contribution < 1.29 is 9.72 Å². The van der Waals surface area contributed by atoms with Crippen molar-refractivity contribution >= 4 is 11.6 Å². The van der Waals surface area contributed by atoms with Gasteiger partial charge in [-0.3, -0.25) is 34.3 Å². The van der Waals surface area contributed by atoms with E-state index in [1.807, 2.05) is 5.43 Å². The molecule has 1 amide bonds. The Morgan fingerprint density at radius 1 is 1.50 bits per heavy atom. The van der Waals surface area contributed by atoms with Gasteiger partial charge in [-0.1, -0.05) is 0 Å². The van der Waals surface area contributed by atoms with Gasteiger partial charge in [0.05, 0.1) is 11.1 Å². The average molecular weight is 285 g/mol. The van der Waals surface area contributed by atoms with Crippen LogP contribution in [-0.2, 0) is 17.9 Å². The number of nitrogens with one attached hydrogen (secondary N) is 1. The van der Waals surface area contributed by atoms with Crippen LogP contribution in [0.1, 0.15) is 19.8 Å². The highest BCUT2D eigenvalue weighted by Crippen LogP contribution is 2.01. The molecule has 0 atom stereocenters. The van der Waals surface area contributed by atoms with E-state index in [-0.39, 0.29) is 25.9 Å². The van der Waals surface area contributed by atoms with Crippen molar-refractivity contribution in [3.8, 4) is 0 Å². The maximum atomic E-state index is 11.9. The second kappa shape index (κ2) is 6.61. The largest absolute Gasteiger partial charge is 0.350 e. The third-order valence-corrected chi connectivity index (χ3v) is 2.70. The van der Waals surface area contributed by atoms with Crippen LogP contribution in [0, 0.1) is 10.1 Å². The van der Waals surface area contributed by atoms with Gasteiger partial charge in [0.15, 0.2) is 0 Å². The first-order chi connectivity index (χ1) is 9.42. The molecule has 0 aliphatic heterocycles. The topological polar surface area (TPSA) is 142 Å². The van der Waals surface area contributed by atoms with Crippen LogP contribution in [-0.4, -0.2) is 20.0 Å². The molecule has 20 heavy (non-hydrogen) atoms. The average Bonchev–Trinajstić information content (AvgIpc) is 2.42. The van der Waals surface area contributed by atoms with Crippen LogP contribution in [0.3, 0.4) is 0 Å². The Hall–Kier alpha value is -2.49. The summed E-state index contributed by atoms with van der Waals surface area (Å²) in [6.07, 6.45) is 1.11. The van der Waals surface area contributed by atoms with Gasteiger partial charge in [0, 0.05) is 19.5 Å². The van der Waals surface area contributed by atoms with E-state index < -0.39 is 27.8 Å². The summed E-state index contributed by atoms with van der Waals surface area (Å²) < 4.78 is 1.83. The lowest BCUT2D eigenvalue weighted by Crippen LogP contribution is -2.40. The van der Waals surface area contributed by atoms with Crippen LogP contribution < -0.4 is 22.5 Å². The lowest BCUT2D eigenvalue weighted by Gasteiger charge is -2.08. The number of carbonyl (C=O) groups excluding carboxylic acids is 1. The van der Waals surface area contributed by atoms with Gasteiger partial charge in [0.25, 0.3) is 0 Å². The van der Waals surface area contributed by atoms with Crippen molar-refractivity contribution in [1.29, 1.82) is 0 Å². The molecule has 3 N–H and O–H groups in total. The van der Waals surface area contributed by atoms with E-state index in [0.717, 1.165) is 15.3 Å². The highest BCUT2D eigenvalue weighted by Gasteiger charge is 2.19. The summed E-state index contributed by atoms with van der Waals surface area (Å²) in [5, 5.41) is 10.8. The molecule has 0 spiro atoms. The predicted molar refractivity (Wildman–Crippen MR) is 68.9 cm³/mol. The summed E-state index contributed by atoms with van der Waals surface area (Å²) >= 11 is 0. The number of carbonyl (C=O) groups is 1. The molecule has 110 valence electrons. The number of nitro groups is 1. The Morgan fingerprint density at radius 3 is 2.65 bits per heavy atom. The van der Waals surface area contributed by atoms with Crippen molar-refractivity contribution in [2.45, 2.75) is 32.9 Å². The smallest absolute Gasteiger partial charge is 0.294 e. The zero-order valence-electron chi connectivity index (χ0n) is 10.9. The molecule has 0 aromatic carbocycles. The molecular weight excluding hydrogens is 270 g/mol. The SMILES string of the molecule is CCn1cc([N+](=O)[O-])c(=O)n(CCCC(=O)NN)c1=O. The third kappa shape index (κ3) is 3.29. The molecule has 1 heterocycles. The van der Waals surface area contributed by atoms with Gasteiger partial charge in [0.2, 0.25) is 5.91 Å². The fourth-order valence-electron chi connectivity index (χ4n) is 1.66. The van der Waals surface area contributed by atoms with E-state index in [1.165, 1.54) is 0 Å². The van der Waals surface area contributed by atoms with Gasteiger partial charge in [0.1, 0.15) is 0 Å². The number of nitrogens with zero attached hydrogens (tertiary/aromatic N) is 3. The van der Waals surface area contributed by atoms with Gasteiger partial charge < -0.3 is 0 Å². The second-order valence-electron chi connectivity index (χ2n) is 3.97. The number of aromatic nitrogens is 2. The van der Waals surface area contributed by atoms with Gasteiger partial charge in [-0.05, 0) is 13.3 Å². The van der Waals surface area contributed by atoms with E-state index in [0.29, 0.717) is 0 Å². The Kier molecular flexibility index (Phi) is 5.15. The van der Waals surface area contributed by atoms with E-state index >= 15 is 0 Å². The molecule has 0 bridgehead atoms. The van der Waals surface area contributed by atoms with Crippen LogP contribution in [0.5, 0.6) is 0 Å². The summed E-state index contributed by atoms with van der Waals surface area (Å²) in [4.78, 5) is 44.6. The van der Waals surface area contributed by atoms with E-state index in [1.54, 1.807) is 6.92 Å². The van der Waals surface area contributed by atoms with Crippen LogP contribution >= 0.6 is 0 Å². The Balaban J connectivity index is 3.14. The lowest BCUT2D eigenvalue weighted by molar-refractivity contribution is -0.387. The summed E-state index contributed by atoms with van der Waals surface area (Å²) in [5.41, 5.74) is -0.373. The van der Waals surface area contributed by atoms with Crippen molar-refractivity contribution in [1.82, 2.24) is 14.6 Å². The third-order valence-electron chi connectivity index (χ3n) is 2.70. The second-order valence-corrected chi connectivity index (χ2v) is 3.97. The highest BCUT2D eigenvalue weighted by atomic mass is 16.6. The Morgan fingerprint density at radius 2 is 2.15 bits per heavy atom. The number of hydrogen-bond donors (Lipinski definition) is 2. The monoisotopic (exact) mass is 285 g/mol. The normalized spacial score (nSPS) is 10.3. The van der Waals surface area contributed by atoms with E-state index in [9.17, 15) is 24.5 Å². The number of nitrogens with two attached hydrogens (primary N) is 1. The molecule has 10 heteroatoms. The molecule has 10 nitrogen and oxygen atoms in total. The minimum absolute atomic E-state index is 0.0111. The molecular formula is C10H15N5O5. The molecule has 1 rings (SSSR count). The number of hydrazine groups is 1. The summed E-state index contributed by atoms with van der Waals surface area (Å²) in [7, 11) is 0. The highest BCUT2D eigenvalue weighted by molar-refractivity contribution is 5.75. The van der Waals surface area contributed by atoms with Gasteiger partial charge in [-0.2, -0.15) is 0 Å². The van der Waals surface area contributed by atoms with Crippen molar-refractivity contribution in [2.24, 2.45) is 5.84 Å². The minimum atomic E-state index is -0.974. The lowest BCUT2D eigenvalue weighted by atomic mass is 10.3. The van der Waals surface area contributed by atoms with Crippen molar-refractivity contribution in [3.05, 3.63) is 37.1 Å². The summed E-state index contributed by atoms with van der Waals surface area (Å²) in [5.74, 6) is 4.45. The maximum Gasteiger partial charge on any atom is 0.350 e. The fraction of sp³-hybridized carbons (Fsp3) is 0.500. The molecule has 0 aliphatic carbocycles. The number of rotatable bonds is 6. The maximum absolute atomic E-state index is 11.9. The zero-order valence-corrected chi connectivity index (χ0v) is 10.9.